The number of alkyl halides is 1. The predicted molar refractivity (Wildman–Crippen MR) is 83.4 cm³/mol. The van der Waals surface area contributed by atoms with Gasteiger partial charge in [-0.15, -0.1) is 11.6 Å². The maximum Gasteiger partial charge on any atom is 0.354 e. The van der Waals surface area contributed by atoms with Gasteiger partial charge in [0.2, 0.25) is 0 Å². The lowest BCUT2D eigenvalue weighted by Gasteiger charge is -2.24. The van der Waals surface area contributed by atoms with Gasteiger partial charge in [-0.05, 0) is 12.1 Å². The van der Waals surface area contributed by atoms with Crippen LogP contribution < -0.4 is 5.73 Å². The molecule has 2 aromatic rings. The van der Waals surface area contributed by atoms with E-state index >= 15 is 0 Å². The van der Waals surface area contributed by atoms with E-state index in [-0.39, 0.29) is 22.5 Å². The third-order valence-electron chi connectivity index (χ3n) is 3.64. The molecule has 1 aliphatic heterocycles. The Hall–Kier alpha value is -2.25. The summed E-state index contributed by atoms with van der Waals surface area (Å²) in [5.41, 5.74) is 5.17. The van der Waals surface area contributed by atoms with Crippen molar-refractivity contribution >= 4 is 39.9 Å². The van der Waals surface area contributed by atoms with E-state index in [1.54, 1.807) is 18.3 Å². The lowest BCUT2D eigenvalue weighted by Crippen LogP contribution is -2.43. The van der Waals surface area contributed by atoms with E-state index in [2.05, 4.69) is 14.7 Å². The zero-order valence-corrected chi connectivity index (χ0v) is 12.7. The number of nitrogens with zero attached hydrogens (tertiary/aromatic N) is 1. The third-order valence-corrected chi connectivity index (χ3v) is 4.12. The molecule has 2 unspecified atom stereocenters. The van der Waals surface area contributed by atoms with Crippen molar-refractivity contribution in [1.29, 1.82) is 0 Å². The Morgan fingerprint density at radius 1 is 1.39 bits per heavy atom. The molecule has 3 N–H and O–H groups in total. The second kappa shape index (κ2) is 5.75. The number of carbonyl (C=O) groups excluding carboxylic acids is 1. The summed E-state index contributed by atoms with van der Waals surface area (Å²) in [6.45, 7) is 0. The number of hydrogen-bond acceptors (Lipinski definition) is 4. The highest BCUT2D eigenvalue weighted by molar-refractivity contribution is 6.51. The molecule has 2 heterocycles. The van der Waals surface area contributed by atoms with Gasteiger partial charge in [0, 0.05) is 17.1 Å². The monoisotopic (exact) mass is 339 g/mol. The molecule has 1 aromatic heterocycles. The molecule has 0 spiro atoms. The van der Waals surface area contributed by atoms with Gasteiger partial charge in [-0.3, -0.25) is 0 Å². The molecule has 0 aliphatic carbocycles. The van der Waals surface area contributed by atoms with Crippen molar-refractivity contribution in [3.63, 3.8) is 0 Å². The third kappa shape index (κ3) is 2.42. The van der Waals surface area contributed by atoms with Crippen molar-refractivity contribution in [1.82, 2.24) is 4.98 Å². The fourth-order valence-electron chi connectivity index (χ4n) is 2.42. The zero-order valence-electron chi connectivity index (χ0n) is 11.9. The van der Waals surface area contributed by atoms with Crippen molar-refractivity contribution in [3.05, 3.63) is 41.6 Å². The molecule has 0 saturated carbocycles. The standard InChI is InChI=1S/C15H12ClF2N3O2/c1-23-15(22)14-8(16)11(19)10(18)13(21-14)7-3-2-6-4-5-20-12(6)9(7)17/h2-5,8,11,20H,19H2,1H3. The summed E-state index contributed by atoms with van der Waals surface area (Å²) in [4.78, 5) is 18.3. The van der Waals surface area contributed by atoms with E-state index in [0.717, 1.165) is 7.11 Å². The van der Waals surface area contributed by atoms with Gasteiger partial charge in [0.1, 0.15) is 22.6 Å². The second-order valence-corrected chi connectivity index (χ2v) is 5.45. The molecule has 0 bridgehead atoms. The molecule has 120 valence electrons. The average molecular weight is 340 g/mol. The topological polar surface area (TPSA) is 80.5 Å². The summed E-state index contributed by atoms with van der Waals surface area (Å²) in [7, 11) is 1.14. The summed E-state index contributed by atoms with van der Waals surface area (Å²) < 4.78 is 33.6. The first-order valence-electron chi connectivity index (χ1n) is 6.68. The molecule has 2 atom stereocenters. The number of methoxy groups -OCH3 is 1. The van der Waals surface area contributed by atoms with Gasteiger partial charge in [0.15, 0.2) is 5.82 Å². The van der Waals surface area contributed by atoms with E-state index < -0.39 is 29.0 Å². The van der Waals surface area contributed by atoms with Gasteiger partial charge in [0.05, 0.1) is 18.7 Å². The van der Waals surface area contributed by atoms with E-state index in [1.807, 2.05) is 0 Å². The molecular weight excluding hydrogens is 328 g/mol. The summed E-state index contributed by atoms with van der Waals surface area (Å²) in [6, 6.07) is 3.34. The lowest BCUT2D eigenvalue weighted by atomic mass is 9.99. The number of hydrogen-bond donors (Lipinski definition) is 2. The van der Waals surface area contributed by atoms with Crippen molar-refractivity contribution in [2.24, 2.45) is 10.7 Å². The SMILES string of the molecule is COC(=O)C1=NC(c2ccc3cc[nH]c3c2F)=C(F)C(N)C1Cl. The van der Waals surface area contributed by atoms with E-state index in [0.29, 0.717) is 5.39 Å². The normalized spacial score (nSPS) is 21.5. The minimum atomic E-state index is -1.32. The summed E-state index contributed by atoms with van der Waals surface area (Å²) in [5.74, 6) is -2.42. The van der Waals surface area contributed by atoms with Crippen molar-refractivity contribution in [3.8, 4) is 0 Å². The first kappa shape index (κ1) is 15.6. The predicted octanol–water partition coefficient (Wildman–Crippen LogP) is 2.51. The van der Waals surface area contributed by atoms with Crippen LogP contribution >= 0.6 is 11.6 Å². The van der Waals surface area contributed by atoms with Crippen LogP contribution in [-0.4, -0.2) is 35.2 Å². The number of esters is 1. The van der Waals surface area contributed by atoms with Crippen LogP contribution in [0.5, 0.6) is 0 Å². The van der Waals surface area contributed by atoms with E-state index in [9.17, 15) is 13.6 Å². The first-order chi connectivity index (χ1) is 11.0. The van der Waals surface area contributed by atoms with Crippen LogP contribution in [0.2, 0.25) is 0 Å². The molecule has 0 amide bonds. The summed E-state index contributed by atoms with van der Waals surface area (Å²) in [6.07, 6.45) is 1.56. The average Bonchev–Trinajstić information content (AvgIpc) is 3.03. The number of benzene rings is 1. The van der Waals surface area contributed by atoms with Crippen LogP contribution in [0.15, 0.2) is 35.2 Å². The smallest absolute Gasteiger partial charge is 0.354 e. The fourth-order valence-corrected chi connectivity index (χ4v) is 2.67. The van der Waals surface area contributed by atoms with Gasteiger partial charge < -0.3 is 15.5 Å². The highest BCUT2D eigenvalue weighted by Gasteiger charge is 2.37. The fraction of sp³-hybridized carbons (Fsp3) is 0.200. The molecular formula is C15H12ClF2N3O2. The molecule has 3 rings (SSSR count). The van der Waals surface area contributed by atoms with Crippen LogP contribution in [0.4, 0.5) is 8.78 Å². The Morgan fingerprint density at radius 2 is 2.13 bits per heavy atom. The number of nitrogens with two attached hydrogens (primary N) is 1. The Balaban J connectivity index is 2.21. The molecule has 0 fully saturated rings. The van der Waals surface area contributed by atoms with E-state index in [4.69, 9.17) is 17.3 Å². The number of rotatable bonds is 2. The first-order valence-corrected chi connectivity index (χ1v) is 7.11. The number of ether oxygens (including phenoxy) is 1. The number of H-pyrrole nitrogens is 1. The highest BCUT2D eigenvalue weighted by Crippen LogP contribution is 2.34. The zero-order chi connectivity index (χ0) is 16.7. The van der Waals surface area contributed by atoms with Crippen molar-refractivity contribution in [2.45, 2.75) is 11.4 Å². The van der Waals surface area contributed by atoms with Crippen LogP contribution in [0.1, 0.15) is 5.56 Å². The number of halogens is 3. The molecule has 1 aromatic carbocycles. The Morgan fingerprint density at radius 3 is 2.83 bits per heavy atom. The Labute approximate surface area is 134 Å². The number of aromatic nitrogens is 1. The van der Waals surface area contributed by atoms with Gasteiger partial charge in [-0.25, -0.2) is 18.6 Å². The minimum absolute atomic E-state index is 0.113. The molecule has 5 nitrogen and oxygen atoms in total. The van der Waals surface area contributed by atoms with Crippen molar-refractivity contribution < 1.29 is 18.3 Å². The number of fused-ring (bicyclic) bond motifs is 1. The maximum atomic E-state index is 14.6. The lowest BCUT2D eigenvalue weighted by molar-refractivity contribution is -0.132. The largest absolute Gasteiger partial charge is 0.464 e. The van der Waals surface area contributed by atoms with Crippen LogP contribution in [0.25, 0.3) is 16.6 Å². The minimum Gasteiger partial charge on any atom is -0.464 e. The number of nitrogens with one attached hydrogen (secondary N) is 1. The van der Waals surface area contributed by atoms with E-state index in [1.165, 1.54) is 6.07 Å². The molecule has 0 saturated heterocycles. The molecule has 23 heavy (non-hydrogen) atoms. The second-order valence-electron chi connectivity index (χ2n) is 4.98. The van der Waals surface area contributed by atoms with Crippen LogP contribution in [0, 0.1) is 5.82 Å². The number of aromatic amines is 1. The van der Waals surface area contributed by atoms with Gasteiger partial charge in [-0.1, -0.05) is 6.07 Å². The number of carbonyl (C=O) groups is 1. The van der Waals surface area contributed by atoms with Crippen LogP contribution in [-0.2, 0) is 9.53 Å². The van der Waals surface area contributed by atoms with Crippen molar-refractivity contribution in [2.75, 3.05) is 7.11 Å². The quantitative estimate of drug-likeness (QED) is 0.651. The molecule has 0 radical (unpaired) electrons. The summed E-state index contributed by atoms with van der Waals surface area (Å²) in [5, 5.41) is -0.566. The number of aliphatic imine (C=N–C) groups is 1. The Bertz CT molecular complexity index is 860. The molecule has 1 aliphatic rings. The highest BCUT2D eigenvalue weighted by atomic mass is 35.5. The molecule has 8 heteroatoms. The van der Waals surface area contributed by atoms with Gasteiger partial charge in [-0.2, -0.15) is 0 Å². The van der Waals surface area contributed by atoms with Crippen LogP contribution in [0.3, 0.4) is 0 Å². The van der Waals surface area contributed by atoms with Gasteiger partial charge >= 0.3 is 5.97 Å². The maximum absolute atomic E-state index is 14.6. The summed E-state index contributed by atoms with van der Waals surface area (Å²) >= 11 is 5.94. The van der Waals surface area contributed by atoms with Gasteiger partial charge in [0.25, 0.3) is 0 Å². The Kier molecular flexibility index (Phi) is 3.91.